The minimum absolute atomic E-state index is 0.0558. The van der Waals surface area contributed by atoms with Crippen LogP contribution in [0.4, 0.5) is 5.69 Å². The van der Waals surface area contributed by atoms with Gasteiger partial charge in [-0.3, -0.25) is 15.2 Å². The Labute approximate surface area is 96.8 Å². The number of nitro groups is 1. The minimum atomic E-state index is -0.419. The molecule has 1 heterocycles. The summed E-state index contributed by atoms with van der Waals surface area (Å²) >= 11 is 0. The molecule has 3 rings (SSSR count). The Morgan fingerprint density at radius 3 is 2.94 bits per heavy atom. The van der Waals surface area contributed by atoms with E-state index < -0.39 is 4.92 Å². The molecule has 0 spiro atoms. The first kappa shape index (κ1) is 9.95. The van der Waals surface area contributed by atoms with Gasteiger partial charge in [-0.1, -0.05) is 12.1 Å². The smallest absolute Gasteiger partial charge is 0.262 e. The van der Waals surface area contributed by atoms with E-state index >= 15 is 0 Å². The Bertz CT molecular complexity index is 574. The monoisotopic (exact) mass is 230 g/mol. The maximum absolute atomic E-state index is 10.7. The molecule has 1 fully saturated rings. The minimum Gasteiger partial charge on any atom is -0.262 e. The molecule has 0 amide bonds. The summed E-state index contributed by atoms with van der Waals surface area (Å²) in [6, 6.07) is 6.35. The summed E-state index contributed by atoms with van der Waals surface area (Å²) in [5.74, 6) is 1.90. The first-order valence-corrected chi connectivity index (χ1v) is 5.41. The lowest BCUT2D eigenvalue weighted by molar-refractivity contribution is -0.384. The molecular weight excluding hydrogens is 220 g/mol. The van der Waals surface area contributed by atoms with Crippen LogP contribution in [0.2, 0.25) is 0 Å². The molecule has 1 N–H and O–H groups in total. The van der Waals surface area contributed by atoms with Crippen molar-refractivity contribution in [2.75, 3.05) is 0 Å². The van der Waals surface area contributed by atoms with E-state index in [2.05, 4.69) is 15.2 Å². The predicted molar refractivity (Wildman–Crippen MR) is 60.4 cm³/mol. The number of rotatable bonds is 3. The number of nitro benzene ring substituents is 1. The number of aromatic nitrogens is 3. The van der Waals surface area contributed by atoms with Gasteiger partial charge in [-0.05, 0) is 12.8 Å². The number of hydrogen-bond acceptors (Lipinski definition) is 4. The van der Waals surface area contributed by atoms with E-state index in [0.717, 1.165) is 18.7 Å². The molecule has 0 radical (unpaired) electrons. The number of non-ortho nitro benzene ring substituents is 1. The van der Waals surface area contributed by atoms with Crippen LogP contribution in [-0.2, 0) is 0 Å². The van der Waals surface area contributed by atoms with Crippen LogP contribution in [0.5, 0.6) is 0 Å². The summed E-state index contributed by atoms with van der Waals surface area (Å²) in [7, 11) is 0. The van der Waals surface area contributed by atoms with Crippen molar-refractivity contribution in [3.8, 4) is 11.4 Å². The highest BCUT2D eigenvalue weighted by Gasteiger charge is 2.27. The van der Waals surface area contributed by atoms with Gasteiger partial charge in [-0.25, -0.2) is 4.98 Å². The summed E-state index contributed by atoms with van der Waals surface area (Å²) in [6.45, 7) is 0. The molecule has 17 heavy (non-hydrogen) atoms. The van der Waals surface area contributed by atoms with Gasteiger partial charge in [0.05, 0.1) is 4.92 Å². The fraction of sp³-hybridized carbons (Fsp3) is 0.273. The number of benzene rings is 1. The van der Waals surface area contributed by atoms with Gasteiger partial charge in [-0.2, -0.15) is 5.10 Å². The number of H-pyrrole nitrogens is 1. The molecule has 86 valence electrons. The zero-order valence-electron chi connectivity index (χ0n) is 8.96. The lowest BCUT2D eigenvalue weighted by atomic mass is 10.2. The number of nitrogens with one attached hydrogen (secondary N) is 1. The van der Waals surface area contributed by atoms with Crippen molar-refractivity contribution in [3.63, 3.8) is 0 Å². The standard InChI is InChI=1S/C11H10N4O2/c16-15(17)9-3-1-2-8(6-9)11-12-10(13-14-11)7-4-5-7/h1-3,6-7H,4-5H2,(H,12,13,14). The van der Waals surface area contributed by atoms with Crippen LogP contribution >= 0.6 is 0 Å². The van der Waals surface area contributed by atoms with Gasteiger partial charge in [0, 0.05) is 23.6 Å². The molecule has 0 unspecified atom stereocenters. The van der Waals surface area contributed by atoms with Crippen LogP contribution in [0.3, 0.4) is 0 Å². The summed E-state index contributed by atoms with van der Waals surface area (Å²) in [4.78, 5) is 14.6. The molecule has 2 aromatic rings. The summed E-state index contributed by atoms with van der Waals surface area (Å²) in [5.41, 5.74) is 0.725. The third-order valence-corrected chi connectivity index (χ3v) is 2.78. The first-order chi connectivity index (χ1) is 8.24. The topological polar surface area (TPSA) is 84.7 Å². The van der Waals surface area contributed by atoms with Crippen molar-refractivity contribution in [2.24, 2.45) is 0 Å². The van der Waals surface area contributed by atoms with E-state index in [1.165, 1.54) is 12.1 Å². The Hall–Kier alpha value is -2.24. The van der Waals surface area contributed by atoms with E-state index in [0.29, 0.717) is 17.3 Å². The highest BCUT2D eigenvalue weighted by molar-refractivity contribution is 5.58. The van der Waals surface area contributed by atoms with Gasteiger partial charge < -0.3 is 0 Å². The SMILES string of the molecule is O=[N+]([O-])c1cccc(-c2n[nH]c(C3CC3)n2)c1. The van der Waals surface area contributed by atoms with Gasteiger partial charge in [0.1, 0.15) is 5.82 Å². The second kappa shape index (κ2) is 3.65. The summed E-state index contributed by atoms with van der Waals surface area (Å²) < 4.78 is 0. The van der Waals surface area contributed by atoms with E-state index in [-0.39, 0.29) is 5.69 Å². The maximum atomic E-state index is 10.7. The second-order valence-corrected chi connectivity index (χ2v) is 4.13. The molecule has 0 aliphatic heterocycles. The van der Waals surface area contributed by atoms with Gasteiger partial charge in [0.2, 0.25) is 0 Å². The van der Waals surface area contributed by atoms with Gasteiger partial charge in [-0.15, -0.1) is 0 Å². The Morgan fingerprint density at radius 2 is 2.24 bits per heavy atom. The van der Waals surface area contributed by atoms with E-state index in [9.17, 15) is 10.1 Å². The van der Waals surface area contributed by atoms with E-state index in [1.54, 1.807) is 12.1 Å². The molecule has 0 saturated heterocycles. The molecule has 6 nitrogen and oxygen atoms in total. The molecule has 6 heteroatoms. The molecule has 0 bridgehead atoms. The lowest BCUT2D eigenvalue weighted by Crippen LogP contribution is -1.89. The third kappa shape index (κ3) is 1.89. The summed E-state index contributed by atoms with van der Waals surface area (Å²) in [5, 5.41) is 17.6. The quantitative estimate of drug-likeness (QED) is 0.647. The fourth-order valence-electron chi connectivity index (χ4n) is 1.70. The molecule has 0 atom stereocenters. The predicted octanol–water partition coefficient (Wildman–Crippen LogP) is 2.26. The number of aromatic amines is 1. The highest BCUT2D eigenvalue weighted by atomic mass is 16.6. The molecular formula is C11H10N4O2. The van der Waals surface area contributed by atoms with Crippen LogP contribution in [0.15, 0.2) is 24.3 Å². The molecule has 1 saturated carbocycles. The van der Waals surface area contributed by atoms with E-state index in [1.807, 2.05) is 0 Å². The zero-order valence-corrected chi connectivity index (χ0v) is 8.96. The van der Waals surface area contributed by atoms with Gasteiger partial charge in [0.25, 0.3) is 5.69 Å². The molecule has 1 aliphatic rings. The zero-order chi connectivity index (χ0) is 11.8. The van der Waals surface area contributed by atoms with Crippen molar-refractivity contribution >= 4 is 5.69 Å². The van der Waals surface area contributed by atoms with Crippen molar-refractivity contribution in [1.29, 1.82) is 0 Å². The molecule has 1 aromatic carbocycles. The van der Waals surface area contributed by atoms with Gasteiger partial charge in [0.15, 0.2) is 5.82 Å². The Kier molecular flexibility index (Phi) is 2.14. The molecule has 1 aromatic heterocycles. The molecule has 1 aliphatic carbocycles. The largest absolute Gasteiger partial charge is 0.270 e. The third-order valence-electron chi connectivity index (χ3n) is 2.78. The van der Waals surface area contributed by atoms with Crippen molar-refractivity contribution in [1.82, 2.24) is 15.2 Å². The highest BCUT2D eigenvalue weighted by Crippen LogP contribution is 2.38. The normalized spacial score (nSPS) is 14.8. The average Bonchev–Trinajstić information content (AvgIpc) is 3.07. The van der Waals surface area contributed by atoms with Crippen LogP contribution in [0.1, 0.15) is 24.6 Å². The van der Waals surface area contributed by atoms with Crippen molar-refractivity contribution in [3.05, 3.63) is 40.2 Å². The lowest BCUT2D eigenvalue weighted by Gasteiger charge is -1.94. The number of nitrogens with zero attached hydrogens (tertiary/aromatic N) is 3. The van der Waals surface area contributed by atoms with Crippen LogP contribution in [-0.4, -0.2) is 20.1 Å². The second-order valence-electron chi connectivity index (χ2n) is 4.13. The average molecular weight is 230 g/mol. The Morgan fingerprint density at radius 1 is 1.41 bits per heavy atom. The summed E-state index contributed by atoms with van der Waals surface area (Å²) in [6.07, 6.45) is 2.28. The van der Waals surface area contributed by atoms with Crippen molar-refractivity contribution < 1.29 is 4.92 Å². The van der Waals surface area contributed by atoms with Crippen molar-refractivity contribution in [2.45, 2.75) is 18.8 Å². The van der Waals surface area contributed by atoms with Crippen LogP contribution in [0.25, 0.3) is 11.4 Å². The first-order valence-electron chi connectivity index (χ1n) is 5.41. The Balaban J connectivity index is 1.96. The maximum Gasteiger partial charge on any atom is 0.270 e. The number of hydrogen-bond donors (Lipinski definition) is 1. The van der Waals surface area contributed by atoms with Crippen LogP contribution < -0.4 is 0 Å². The van der Waals surface area contributed by atoms with E-state index in [4.69, 9.17) is 0 Å². The van der Waals surface area contributed by atoms with Crippen LogP contribution in [0, 0.1) is 10.1 Å². The van der Waals surface area contributed by atoms with Gasteiger partial charge >= 0.3 is 0 Å². The fourth-order valence-corrected chi connectivity index (χ4v) is 1.70.